The molecular formula is C19H21N3O. The number of fused-ring (bicyclic) bond motifs is 1. The molecule has 1 heterocycles. The lowest BCUT2D eigenvalue weighted by Crippen LogP contribution is -2.34. The quantitative estimate of drug-likeness (QED) is 0.725. The monoisotopic (exact) mass is 307 g/mol. The van der Waals surface area contributed by atoms with Gasteiger partial charge in [-0.25, -0.2) is 4.98 Å². The maximum Gasteiger partial charge on any atom is 0.245 e. The van der Waals surface area contributed by atoms with Crippen LogP contribution < -0.4 is 0 Å². The average Bonchev–Trinajstić information content (AvgIpc) is 3.12. The van der Waals surface area contributed by atoms with Crippen molar-refractivity contribution in [3.8, 4) is 0 Å². The molecule has 0 spiro atoms. The van der Waals surface area contributed by atoms with Crippen LogP contribution >= 0.6 is 0 Å². The molecular weight excluding hydrogens is 286 g/mol. The van der Waals surface area contributed by atoms with Crippen LogP contribution in [0.5, 0.6) is 0 Å². The van der Waals surface area contributed by atoms with Crippen molar-refractivity contribution in [2.75, 3.05) is 13.6 Å². The van der Waals surface area contributed by atoms with Crippen LogP contribution in [0.3, 0.4) is 0 Å². The molecule has 0 saturated heterocycles. The standard InChI is InChI=1S/C19H21N3O/c1-15(22-13-11-20-14-22)19(23)21(2)12-10-17-8-5-7-16-6-3-4-9-18(16)17/h3-9,11,13-15H,10,12H2,1-2H3/t15-/m0/s1. The predicted molar refractivity (Wildman–Crippen MR) is 92.2 cm³/mol. The van der Waals surface area contributed by atoms with E-state index in [1.165, 1.54) is 16.3 Å². The molecule has 1 atom stereocenters. The molecule has 0 aliphatic carbocycles. The number of carbonyl (C=O) groups excluding carboxylic acids is 1. The van der Waals surface area contributed by atoms with Crippen LogP contribution in [-0.2, 0) is 11.2 Å². The van der Waals surface area contributed by atoms with Crippen LogP contribution in [0.15, 0.2) is 61.2 Å². The number of carbonyl (C=O) groups is 1. The van der Waals surface area contributed by atoms with E-state index >= 15 is 0 Å². The van der Waals surface area contributed by atoms with Gasteiger partial charge in [-0.1, -0.05) is 42.5 Å². The first kappa shape index (κ1) is 15.3. The Balaban J connectivity index is 1.68. The summed E-state index contributed by atoms with van der Waals surface area (Å²) >= 11 is 0. The van der Waals surface area contributed by atoms with Crippen LogP contribution in [0.2, 0.25) is 0 Å². The summed E-state index contributed by atoms with van der Waals surface area (Å²) in [5.41, 5.74) is 1.28. The van der Waals surface area contributed by atoms with Gasteiger partial charge in [-0.2, -0.15) is 0 Å². The number of nitrogens with zero attached hydrogens (tertiary/aromatic N) is 3. The van der Waals surface area contributed by atoms with Crippen molar-refractivity contribution < 1.29 is 4.79 Å². The molecule has 4 heteroatoms. The van der Waals surface area contributed by atoms with E-state index in [9.17, 15) is 4.79 Å². The highest BCUT2D eigenvalue weighted by molar-refractivity contribution is 5.85. The first-order chi connectivity index (χ1) is 11.2. The highest BCUT2D eigenvalue weighted by Crippen LogP contribution is 2.19. The Kier molecular flexibility index (Phi) is 4.42. The van der Waals surface area contributed by atoms with Crippen molar-refractivity contribution >= 4 is 16.7 Å². The molecule has 0 N–H and O–H groups in total. The maximum atomic E-state index is 12.5. The van der Waals surface area contributed by atoms with Gasteiger partial charge in [0.2, 0.25) is 5.91 Å². The molecule has 0 bridgehead atoms. The fourth-order valence-electron chi connectivity index (χ4n) is 2.85. The zero-order valence-corrected chi connectivity index (χ0v) is 13.5. The van der Waals surface area contributed by atoms with Crippen LogP contribution in [0.4, 0.5) is 0 Å². The second-order valence-electron chi connectivity index (χ2n) is 5.83. The zero-order chi connectivity index (χ0) is 16.2. The van der Waals surface area contributed by atoms with Crippen LogP contribution in [0, 0.1) is 0 Å². The number of benzene rings is 2. The second kappa shape index (κ2) is 6.65. The van der Waals surface area contributed by atoms with Gasteiger partial charge in [0, 0.05) is 26.0 Å². The highest BCUT2D eigenvalue weighted by atomic mass is 16.2. The number of hydrogen-bond acceptors (Lipinski definition) is 2. The van der Waals surface area contributed by atoms with Gasteiger partial charge in [-0.3, -0.25) is 4.79 Å². The third-order valence-corrected chi connectivity index (χ3v) is 4.30. The minimum atomic E-state index is -0.227. The van der Waals surface area contributed by atoms with Gasteiger partial charge < -0.3 is 9.47 Å². The van der Waals surface area contributed by atoms with Crippen molar-refractivity contribution in [3.05, 3.63) is 66.7 Å². The largest absolute Gasteiger partial charge is 0.344 e. The summed E-state index contributed by atoms with van der Waals surface area (Å²) in [5, 5.41) is 2.50. The molecule has 0 radical (unpaired) electrons. The van der Waals surface area contributed by atoms with E-state index in [1.807, 2.05) is 24.7 Å². The number of aromatic nitrogens is 2. The summed E-state index contributed by atoms with van der Waals surface area (Å²) in [4.78, 5) is 18.3. The topological polar surface area (TPSA) is 38.1 Å². The lowest BCUT2D eigenvalue weighted by Gasteiger charge is -2.22. The van der Waals surface area contributed by atoms with Crippen molar-refractivity contribution in [3.63, 3.8) is 0 Å². The Labute approximate surface area is 136 Å². The molecule has 3 aromatic rings. The minimum Gasteiger partial charge on any atom is -0.344 e. The molecule has 2 aromatic carbocycles. The Morgan fingerprint density at radius 3 is 2.78 bits per heavy atom. The fourth-order valence-corrected chi connectivity index (χ4v) is 2.85. The average molecular weight is 307 g/mol. The molecule has 0 unspecified atom stereocenters. The summed E-state index contributed by atoms with van der Waals surface area (Å²) in [7, 11) is 1.86. The van der Waals surface area contributed by atoms with Gasteiger partial charge in [0.05, 0.1) is 6.33 Å². The molecule has 4 nitrogen and oxygen atoms in total. The third-order valence-electron chi connectivity index (χ3n) is 4.30. The van der Waals surface area contributed by atoms with Crippen molar-refractivity contribution in [2.45, 2.75) is 19.4 Å². The third kappa shape index (κ3) is 3.26. The maximum absolute atomic E-state index is 12.5. The molecule has 0 fully saturated rings. The lowest BCUT2D eigenvalue weighted by atomic mass is 10.0. The highest BCUT2D eigenvalue weighted by Gasteiger charge is 2.18. The van der Waals surface area contributed by atoms with Gasteiger partial charge in [-0.05, 0) is 29.7 Å². The lowest BCUT2D eigenvalue weighted by molar-refractivity contribution is -0.132. The van der Waals surface area contributed by atoms with Crippen LogP contribution in [0.25, 0.3) is 10.8 Å². The summed E-state index contributed by atoms with van der Waals surface area (Å²) < 4.78 is 1.83. The SMILES string of the molecule is C[C@@H](C(=O)N(C)CCc1cccc2ccccc12)n1ccnc1. The van der Waals surface area contributed by atoms with Gasteiger partial charge in [0.25, 0.3) is 0 Å². The number of hydrogen-bond donors (Lipinski definition) is 0. The van der Waals surface area contributed by atoms with E-state index in [4.69, 9.17) is 0 Å². The molecule has 1 amide bonds. The van der Waals surface area contributed by atoms with E-state index in [2.05, 4.69) is 47.4 Å². The van der Waals surface area contributed by atoms with Crippen LogP contribution in [-0.4, -0.2) is 34.0 Å². The van der Waals surface area contributed by atoms with E-state index in [0.717, 1.165) is 6.42 Å². The van der Waals surface area contributed by atoms with Crippen molar-refractivity contribution in [1.29, 1.82) is 0 Å². The molecule has 118 valence electrons. The fraction of sp³-hybridized carbons (Fsp3) is 0.263. The Morgan fingerprint density at radius 1 is 1.22 bits per heavy atom. The molecule has 0 aliphatic heterocycles. The molecule has 23 heavy (non-hydrogen) atoms. The number of amides is 1. The summed E-state index contributed by atoms with van der Waals surface area (Å²) in [6.45, 7) is 2.60. The smallest absolute Gasteiger partial charge is 0.245 e. The molecule has 0 aliphatic rings. The van der Waals surface area contributed by atoms with Crippen LogP contribution in [0.1, 0.15) is 18.5 Å². The Bertz CT molecular complexity index is 790. The van der Waals surface area contributed by atoms with Gasteiger partial charge >= 0.3 is 0 Å². The van der Waals surface area contributed by atoms with E-state index in [1.54, 1.807) is 17.4 Å². The van der Waals surface area contributed by atoms with Crippen molar-refractivity contribution in [1.82, 2.24) is 14.5 Å². The van der Waals surface area contributed by atoms with Gasteiger partial charge in [-0.15, -0.1) is 0 Å². The van der Waals surface area contributed by atoms with E-state index < -0.39 is 0 Å². The normalized spacial score (nSPS) is 12.3. The van der Waals surface area contributed by atoms with Gasteiger partial charge in [0.15, 0.2) is 0 Å². The molecule has 3 rings (SSSR count). The predicted octanol–water partition coefficient (Wildman–Crippen LogP) is 3.30. The number of rotatable bonds is 5. The minimum absolute atomic E-state index is 0.100. The summed E-state index contributed by atoms with van der Waals surface area (Å²) in [6.07, 6.45) is 6.04. The van der Waals surface area contributed by atoms with E-state index in [-0.39, 0.29) is 11.9 Å². The Morgan fingerprint density at radius 2 is 2.00 bits per heavy atom. The van der Waals surface area contributed by atoms with E-state index in [0.29, 0.717) is 6.54 Å². The second-order valence-corrected chi connectivity index (χ2v) is 5.83. The Hall–Kier alpha value is -2.62. The number of likely N-dealkylation sites (N-methyl/N-ethyl adjacent to an activating group) is 1. The van der Waals surface area contributed by atoms with Gasteiger partial charge in [0.1, 0.15) is 6.04 Å². The zero-order valence-electron chi connectivity index (χ0n) is 13.5. The molecule has 1 aromatic heterocycles. The van der Waals surface area contributed by atoms with Crippen molar-refractivity contribution in [2.24, 2.45) is 0 Å². The molecule has 0 saturated carbocycles. The number of imidazole rings is 1. The summed E-state index contributed by atoms with van der Waals surface area (Å²) in [6, 6.07) is 14.5. The first-order valence-corrected chi connectivity index (χ1v) is 7.86. The summed E-state index contributed by atoms with van der Waals surface area (Å²) in [5.74, 6) is 0.100. The first-order valence-electron chi connectivity index (χ1n) is 7.86.